The van der Waals surface area contributed by atoms with Crippen LogP contribution in [0.3, 0.4) is 0 Å². The van der Waals surface area contributed by atoms with Crippen molar-refractivity contribution in [2.24, 2.45) is 5.41 Å². The summed E-state index contributed by atoms with van der Waals surface area (Å²) >= 11 is 0. The molecule has 0 bridgehead atoms. The number of hydrogen-bond donors (Lipinski definition) is 2. The molecular weight excluding hydrogens is 583 g/mol. The van der Waals surface area contributed by atoms with E-state index in [1.807, 2.05) is 4.90 Å². The molecule has 0 aromatic heterocycles. The van der Waals surface area contributed by atoms with Crippen LogP contribution < -0.4 is 24.6 Å². The van der Waals surface area contributed by atoms with Gasteiger partial charge in [0, 0.05) is 44.7 Å². The third-order valence-electron chi connectivity index (χ3n) is 8.30. The molecule has 0 unspecified atom stereocenters. The number of amides is 1. The summed E-state index contributed by atoms with van der Waals surface area (Å²) in [5.41, 5.74) is 1.56. The van der Waals surface area contributed by atoms with Crippen molar-refractivity contribution in [2.75, 3.05) is 51.8 Å². The fraction of sp³-hybridized carbons (Fsp3) is 0.536. The van der Waals surface area contributed by atoms with Crippen LogP contribution in [-0.4, -0.2) is 58.5 Å². The molecule has 2 N–H and O–H groups in total. The Morgan fingerprint density at radius 3 is 2.05 bits per heavy atom. The van der Waals surface area contributed by atoms with Crippen LogP contribution in [0.5, 0.6) is 5.75 Å². The Kier molecular flexibility index (Phi) is 7.96. The van der Waals surface area contributed by atoms with Gasteiger partial charge in [-0.2, -0.15) is 0 Å². The van der Waals surface area contributed by atoms with Crippen LogP contribution in [0.1, 0.15) is 55.8 Å². The van der Waals surface area contributed by atoms with Crippen LogP contribution in [0.4, 0.5) is 44.7 Å². The van der Waals surface area contributed by atoms with E-state index in [4.69, 9.17) is 0 Å². The van der Waals surface area contributed by atoms with Gasteiger partial charge in [-0.1, -0.05) is 0 Å². The van der Waals surface area contributed by atoms with Gasteiger partial charge in [-0.15, -0.1) is 13.2 Å². The van der Waals surface area contributed by atoms with E-state index in [0.717, 1.165) is 18.9 Å². The highest BCUT2D eigenvalue weighted by molar-refractivity contribution is 7.92. The van der Waals surface area contributed by atoms with E-state index in [-0.39, 0.29) is 35.8 Å². The molecule has 0 atom stereocenters. The van der Waals surface area contributed by atoms with Crippen molar-refractivity contribution in [1.29, 1.82) is 0 Å². The van der Waals surface area contributed by atoms with Gasteiger partial charge in [-0.05, 0) is 74.4 Å². The van der Waals surface area contributed by atoms with E-state index in [1.165, 1.54) is 48.9 Å². The summed E-state index contributed by atoms with van der Waals surface area (Å²) in [5.74, 6) is -4.14. The molecule has 2 aliphatic heterocycles. The molecule has 3 aliphatic rings. The van der Waals surface area contributed by atoms with E-state index >= 15 is 0 Å². The van der Waals surface area contributed by atoms with Crippen LogP contribution >= 0.6 is 0 Å². The molecular formula is C28H33F5N4O4S. The number of hydrogen-bond acceptors (Lipinski definition) is 6. The summed E-state index contributed by atoms with van der Waals surface area (Å²) in [6.07, 6.45) is -1.78. The highest BCUT2D eigenvalue weighted by Gasteiger charge is 2.45. The van der Waals surface area contributed by atoms with Crippen LogP contribution in [-0.2, 0) is 10.0 Å². The Morgan fingerprint density at radius 2 is 1.45 bits per heavy atom. The fourth-order valence-electron chi connectivity index (χ4n) is 5.53. The lowest BCUT2D eigenvalue weighted by Crippen LogP contribution is -2.39. The predicted molar refractivity (Wildman–Crippen MR) is 150 cm³/mol. The van der Waals surface area contributed by atoms with Crippen LogP contribution in [0.15, 0.2) is 36.4 Å². The van der Waals surface area contributed by atoms with E-state index in [2.05, 4.69) is 14.8 Å². The third-order valence-corrected chi connectivity index (χ3v) is 9.60. The molecule has 0 radical (unpaired) electrons. The second-order valence-electron chi connectivity index (χ2n) is 11.3. The molecule has 8 nitrogen and oxygen atoms in total. The molecule has 2 saturated heterocycles. The molecule has 14 heteroatoms. The lowest BCUT2D eigenvalue weighted by molar-refractivity contribution is -0.274. The highest BCUT2D eigenvalue weighted by atomic mass is 32.2. The number of rotatable bonds is 8. The minimum Gasteiger partial charge on any atom is -0.404 e. The Hall–Kier alpha value is -3.29. The molecule has 2 aromatic rings. The summed E-state index contributed by atoms with van der Waals surface area (Å²) in [7, 11) is -3.56. The zero-order valence-electron chi connectivity index (χ0n) is 23.1. The first kappa shape index (κ1) is 30.2. The summed E-state index contributed by atoms with van der Waals surface area (Å²) < 4.78 is 97.8. The topological polar surface area (TPSA) is 91.0 Å². The zero-order chi connectivity index (χ0) is 30.3. The van der Waals surface area contributed by atoms with Crippen LogP contribution in [0, 0.1) is 5.41 Å². The number of anilines is 4. The second-order valence-corrected chi connectivity index (χ2v) is 13.3. The van der Waals surface area contributed by atoms with Crippen molar-refractivity contribution in [2.45, 2.75) is 57.7 Å². The molecule has 2 aromatic carbocycles. The molecule has 5 rings (SSSR count). The minimum atomic E-state index is -5.00. The smallest absolute Gasteiger partial charge is 0.404 e. The maximum absolute atomic E-state index is 13.7. The number of sulfonamides is 1. The first-order valence-corrected chi connectivity index (χ1v) is 15.6. The third kappa shape index (κ3) is 7.19. The highest BCUT2D eigenvalue weighted by Crippen LogP contribution is 2.54. The van der Waals surface area contributed by atoms with Crippen LogP contribution in [0.2, 0.25) is 0 Å². The Balaban J connectivity index is 1.42. The predicted octanol–water partition coefficient (Wildman–Crippen LogP) is 6.22. The van der Waals surface area contributed by atoms with Crippen molar-refractivity contribution in [1.82, 2.24) is 0 Å². The molecule has 1 amide bonds. The van der Waals surface area contributed by atoms with E-state index in [1.54, 1.807) is 6.07 Å². The lowest BCUT2D eigenvalue weighted by atomic mass is 9.93. The maximum Gasteiger partial charge on any atom is 0.573 e. The molecule has 1 spiro atoms. The van der Waals surface area contributed by atoms with E-state index in [0.29, 0.717) is 29.9 Å². The van der Waals surface area contributed by atoms with Crippen LogP contribution in [0.25, 0.3) is 0 Å². The minimum absolute atomic E-state index is 0.0593. The van der Waals surface area contributed by atoms with Gasteiger partial charge in [-0.25, -0.2) is 17.2 Å². The van der Waals surface area contributed by atoms with Gasteiger partial charge < -0.3 is 19.9 Å². The number of ether oxygens (including phenoxy) is 1. The standard InChI is InChI=1S/C28H33F5N4O4S/c1-2-42(39,40)35-20-3-5-21(22(18-20)36-13-9-26(7-8-26)10-14-36)25(38)34-19-4-6-24(41-28(31,32)33)23(17-19)37-15-11-27(29,30)12-16-37/h3-6,17-18,35H,2,7-16H2,1H3,(H,34,38). The fourth-order valence-corrected chi connectivity index (χ4v) is 6.16. The van der Waals surface area contributed by atoms with Gasteiger partial charge in [-0.3, -0.25) is 9.52 Å². The van der Waals surface area contributed by atoms with Crippen molar-refractivity contribution in [3.05, 3.63) is 42.0 Å². The number of carbonyl (C=O) groups excluding carboxylic acids is 1. The van der Waals surface area contributed by atoms with Gasteiger partial charge in [0.1, 0.15) is 0 Å². The monoisotopic (exact) mass is 616 g/mol. The molecule has 2 heterocycles. The lowest BCUT2D eigenvalue weighted by Gasteiger charge is -2.35. The van der Waals surface area contributed by atoms with Crippen molar-refractivity contribution < 1.29 is 39.9 Å². The summed E-state index contributed by atoms with van der Waals surface area (Å²) in [4.78, 5) is 17.0. The number of benzene rings is 2. The average Bonchev–Trinajstić information content (AvgIpc) is 3.67. The SMILES string of the molecule is CCS(=O)(=O)Nc1ccc(C(=O)Nc2ccc(OC(F)(F)F)c(N3CCC(F)(F)CC3)c2)c(N2CCC3(CC2)CC3)c1. The number of alkyl halides is 5. The van der Waals surface area contributed by atoms with Gasteiger partial charge in [0.25, 0.3) is 11.8 Å². The molecule has 230 valence electrons. The molecule has 3 fully saturated rings. The first-order chi connectivity index (χ1) is 19.7. The number of nitrogens with one attached hydrogen (secondary N) is 2. The largest absolute Gasteiger partial charge is 0.573 e. The Labute approximate surface area is 241 Å². The zero-order valence-corrected chi connectivity index (χ0v) is 23.9. The van der Waals surface area contributed by atoms with Gasteiger partial charge in [0.15, 0.2) is 5.75 Å². The van der Waals surface area contributed by atoms with Crippen molar-refractivity contribution in [3.8, 4) is 5.75 Å². The quantitative estimate of drug-likeness (QED) is 0.343. The number of carbonyl (C=O) groups is 1. The number of piperidine rings is 2. The Morgan fingerprint density at radius 1 is 0.881 bits per heavy atom. The summed E-state index contributed by atoms with van der Waals surface area (Å²) in [6, 6.07) is 8.19. The molecule has 1 aliphatic carbocycles. The Bertz CT molecular complexity index is 1430. The summed E-state index contributed by atoms with van der Waals surface area (Å²) in [6.45, 7) is 2.52. The second kappa shape index (κ2) is 11.1. The first-order valence-electron chi connectivity index (χ1n) is 13.9. The average molecular weight is 617 g/mol. The van der Waals surface area contributed by atoms with Gasteiger partial charge in [0.2, 0.25) is 10.0 Å². The normalized spacial score (nSPS) is 19.9. The summed E-state index contributed by atoms with van der Waals surface area (Å²) in [5, 5.41) is 2.72. The van der Waals surface area contributed by atoms with E-state index in [9.17, 15) is 35.2 Å². The van der Waals surface area contributed by atoms with Crippen molar-refractivity contribution >= 4 is 38.7 Å². The van der Waals surface area contributed by atoms with Gasteiger partial charge in [0.05, 0.1) is 28.4 Å². The van der Waals surface area contributed by atoms with Gasteiger partial charge >= 0.3 is 6.36 Å². The number of halogens is 5. The maximum atomic E-state index is 13.7. The molecule has 42 heavy (non-hydrogen) atoms. The number of nitrogens with zero attached hydrogens (tertiary/aromatic N) is 2. The molecule has 1 saturated carbocycles. The van der Waals surface area contributed by atoms with E-state index < -0.39 is 46.8 Å². The van der Waals surface area contributed by atoms with Crippen molar-refractivity contribution in [3.63, 3.8) is 0 Å².